The maximum Gasteiger partial charge on any atom is 0.306 e. The van der Waals surface area contributed by atoms with Crippen molar-refractivity contribution in [2.45, 2.75) is 44.1 Å². The lowest BCUT2D eigenvalue weighted by Gasteiger charge is -2.48. The first-order valence-corrected chi connectivity index (χ1v) is 14.5. The van der Waals surface area contributed by atoms with Crippen LogP contribution in [0.25, 0.3) is 0 Å². The molecule has 37 heavy (non-hydrogen) atoms. The third-order valence-corrected chi connectivity index (χ3v) is 8.52. The number of hydrogen-bond donors (Lipinski definition) is 1. The summed E-state index contributed by atoms with van der Waals surface area (Å²) in [5.74, 6) is -2.07. The van der Waals surface area contributed by atoms with Gasteiger partial charge in [-0.25, -0.2) is 8.42 Å². The minimum absolute atomic E-state index is 0.0586. The van der Waals surface area contributed by atoms with Gasteiger partial charge in [0.1, 0.15) is 12.2 Å². The highest BCUT2D eigenvalue weighted by molar-refractivity contribution is 7.91. The monoisotopic (exact) mass is 570 g/mol. The molecule has 0 unspecified atom stereocenters. The molecule has 0 bridgehead atoms. The third-order valence-electron chi connectivity index (χ3n) is 6.34. The Morgan fingerprint density at radius 1 is 1.11 bits per heavy atom. The molecule has 2 aromatic rings. The predicted octanol–water partition coefficient (Wildman–Crippen LogP) is 4.23. The van der Waals surface area contributed by atoms with E-state index in [0.29, 0.717) is 34.1 Å². The molecule has 0 aliphatic carbocycles. The Bertz CT molecular complexity index is 1210. The van der Waals surface area contributed by atoms with Crippen LogP contribution >= 0.6 is 23.2 Å². The van der Waals surface area contributed by atoms with Crippen LogP contribution in [-0.4, -0.2) is 79.5 Å². The van der Waals surface area contributed by atoms with Crippen LogP contribution in [0.15, 0.2) is 48.5 Å². The van der Waals surface area contributed by atoms with Crippen molar-refractivity contribution in [3.8, 4) is 0 Å². The molecule has 0 aromatic heterocycles. The summed E-state index contributed by atoms with van der Waals surface area (Å²) in [6.07, 6.45) is -2.29. The number of hydrogen-bond acceptors (Lipinski definition) is 6. The van der Waals surface area contributed by atoms with E-state index in [4.69, 9.17) is 27.9 Å². The number of nitrogens with zero attached hydrogens (tertiary/aromatic N) is 2. The van der Waals surface area contributed by atoms with E-state index in [1.165, 1.54) is 4.90 Å². The first kappa shape index (κ1) is 29.4. The molecule has 1 fully saturated rings. The summed E-state index contributed by atoms with van der Waals surface area (Å²) in [5.41, 5.74) is 1.33. The van der Waals surface area contributed by atoms with Gasteiger partial charge in [0.2, 0.25) is 0 Å². The lowest BCUT2D eigenvalue weighted by molar-refractivity contribution is -0.182. The summed E-state index contributed by atoms with van der Waals surface area (Å²) in [4.78, 5) is 28.7. The SMILES string of the molecule is CC[C@H](CS(=O)(=O)CCN(C)C)N1C(=O)[C@H](CC(=O)O)O[C@H](c2cccc(Cl)c2)[C@H]1c1ccc(Cl)cc1. The normalized spacial score (nSPS) is 21.3. The number of sulfone groups is 1. The van der Waals surface area contributed by atoms with Gasteiger partial charge >= 0.3 is 5.97 Å². The van der Waals surface area contributed by atoms with Gasteiger partial charge in [-0.2, -0.15) is 0 Å². The van der Waals surface area contributed by atoms with Gasteiger partial charge in [0.25, 0.3) is 5.91 Å². The molecule has 2 aromatic carbocycles. The minimum Gasteiger partial charge on any atom is -0.481 e. The number of morpholine rings is 1. The van der Waals surface area contributed by atoms with Gasteiger partial charge in [-0.05, 0) is 55.9 Å². The van der Waals surface area contributed by atoms with E-state index < -0.39 is 52.4 Å². The molecule has 1 aliphatic rings. The standard InChI is InChI=1S/C26H32Cl2N2O6S/c1-4-21(16-37(34,35)13-12-29(2)3)30-24(17-8-10-19(27)11-9-17)25(18-6-5-7-20(28)14-18)36-22(26(30)33)15-23(31)32/h5-11,14,21-22,24-25H,4,12-13,15-16H2,1-3H3,(H,31,32)/t21-,22+,24-,25-/m1/s1. The van der Waals surface area contributed by atoms with Gasteiger partial charge in [-0.3, -0.25) is 9.59 Å². The van der Waals surface area contributed by atoms with Crippen molar-refractivity contribution in [3.63, 3.8) is 0 Å². The fraction of sp³-hybridized carbons (Fsp3) is 0.462. The average molecular weight is 572 g/mol. The van der Waals surface area contributed by atoms with Crippen molar-refractivity contribution >= 4 is 44.9 Å². The Hall–Kier alpha value is -2.17. The second-order valence-corrected chi connectivity index (χ2v) is 12.5. The molecular weight excluding hydrogens is 539 g/mol. The molecule has 0 spiro atoms. The third kappa shape index (κ3) is 7.67. The van der Waals surface area contributed by atoms with Crippen LogP contribution in [0.5, 0.6) is 0 Å². The van der Waals surface area contributed by atoms with E-state index in [1.54, 1.807) is 67.5 Å². The Labute approximate surface area is 228 Å². The van der Waals surface area contributed by atoms with Gasteiger partial charge in [-0.15, -0.1) is 0 Å². The van der Waals surface area contributed by atoms with Gasteiger partial charge in [0, 0.05) is 22.6 Å². The summed E-state index contributed by atoms with van der Waals surface area (Å²) >= 11 is 12.4. The topological polar surface area (TPSA) is 104 Å². The largest absolute Gasteiger partial charge is 0.481 e. The molecule has 0 radical (unpaired) electrons. The number of carboxylic acids is 1. The second-order valence-electron chi connectivity index (χ2n) is 9.42. The van der Waals surface area contributed by atoms with Gasteiger partial charge in [-0.1, -0.05) is 54.4 Å². The maximum atomic E-state index is 13.8. The molecule has 1 N–H and O–H groups in total. The van der Waals surface area contributed by atoms with Crippen molar-refractivity contribution in [3.05, 3.63) is 69.7 Å². The van der Waals surface area contributed by atoms with Crippen molar-refractivity contribution in [2.24, 2.45) is 0 Å². The number of amides is 1. The van der Waals surface area contributed by atoms with Gasteiger partial charge < -0.3 is 19.6 Å². The molecule has 0 saturated carbocycles. The quantitative estimate of drug-likeness (QED) is 0.431. The summed E-state index contributed by atoms with van der Waals surface area (Å²) in [6.45, 7) is 2.16. The maximum absolute atomic E-state index is 13.8. The highest BCUT2D eigenvalue weighted by Crippen LogP contribution is 2.44. The molecule has 1 aliphatic heterocycles. The lowest BCUT2D eigenvalue weighted by Crippen LogP contribution is -2.56. The van der Waals surface area contributed by atoms with Crippen molar-refractivity contribution in [1.29, 1.82) is 0 Å². The number of carboxylic acid groups (broad SMARTS) is 1. The number of ether oxygens (including phenoxy) is 1. The van der Waals surface area contributed by atoms with Crippen LogP contribution in [-0.2, 0) is 24.2 Å². The van der Waals surface area contributed by atoms with Crippen molar-refractivity contribution < 1.29 is 27.9 Å². The predicted molar refractivity (Wildman–Crippen MR) is 144 cm³/mol. The molecule has 3 rings (SSSR count). The Morgan fingerprint density at radius 2 is 1.78 bits per heavy atom. The highest BCUT2D eigenvalue weighted by atomic mass is 35.5. The highest BCUT2D eigenvalue weighted by Gasteiger charge is 2.47. The molecule has 4 atom stereocenters. The molecule has 202 valence electrons. The van der Waals surface area contributed by atoms with E-state index in [9.17, 15) is 23.1 Å². The fourth-order valence-electron chi connectivity index (χ4n) is 4.49. The van der Waals surface area contributed by atoms with E-state index in [-0.39, 0.29) is 11.5 Å². The zero-order chi connectivity index (χ0) is 27.3. The van der Waals surface area contributed by atoms with Crippen LogP contribution in [0, 0.1) is 0 Å². The zero-order valence-electron chi connectivity index (χ0n) is 21.0. The first-order chi connectivity index (χ1) is 17.4. The smallest absolute Gasteiger partial charge is 0.306 e. The minimum atomic E-state index is -3.54. The van der Waals surface area contributed by atoms with E-state index in [2.05, 4.69) is 0 Å². The van der Waals surface area contributed by atoms with E-state index in [0.717, 1.165) is 0 Å². The van der Waals surface area contributed by atoms with Crippen LogP contribution < -0.4 is 0 Å². The van der Waals surface area contributed by atoms with Crippen molar-refractivity contribution in [1.82, 2.24) is 9.80 Å². The first-order valence-electron chi connectivity index (χ1n) is 12.0. The zero-order valence-corrected chi connectivity index (χ0v) is 23.3. The fourth-order valence-corrected chi connectivity index (χ4v) is 6.61. The number of carbonyl (C=O) groups excluding carboxylic acids is 1. The molecule has 1 saturated heterocycles. The molecular formula is C26H32Cl2N2O6S. The second kappa shape index (κ2) is 12.6. The van der Waals surface area contributed by atoms with Crippen LogP contribution in [0.1, 0.15) is 43.0 Å². The summed E-state index contributed by atoms with van der Waals surface area (Å²) < 4.78 is 32.3. The van der Waals surface area contributed by atoms with Gasteiger partial charge in [0.15, 0.2) is 9.84 Å². The molecule has 1 amide bonds. The number of aliphatic carboxylic acids is 1. The van der Waals surface area contributed by atoms with Crippen LogP contribution in [0.2, 0.25) is 10.0 Å². The molecule has 11 heteroatoms. The number of rotatable bonds is 11. The van der Waals surface area contributed by atoms with E-state index >= 15 is 0 Å². The Balaban J connectivity index is 2.14. The molecule has 1 heterocycles. The number of benzene rings is 2. The van der Waals surface area contributed by atoms with Crippen LogP contribution in [0.4, 0.5) is 0 Å². The number of carbonyl (C=O) groups is 2. The number of halogens is 2. The summed E-state index contributed by atoms with van der Waals surface area (Å²) in [6, 6.07) is 12.4. The van der Waals surface area contributed by atoms with Crippen LogP contribution in [0.3, 0.4) is 0 Å². The summed E-state index contributed by atoms with van der Waals surface area (Å²) in [7, 11) is 0.0479. The Kier molecular flexibility index (Phi) is 9.99. The van der Waals surface area contributed by atoms with E-state index in [1.807, 2.05) is 6.92 Å². The van der Waals surface area contributed by atoms with Crippen molar-refractivity contribution in [2.75, 3.05) is 32.1 Å². The summed E-state index contributed by atoms with van der Waals surface area (Å²) in [5, 5.41) is 10.5. The average Bonchev–Trinajstić information content (AvgIpc) is 2.83. The van der Waals surface area contributed by atoms with Gasteiger partial charge in [0.05, 0.1) is 24.0 Å². The Morgan fingerprint density at radius 3 is 2.35 bits per heavy atom. The molecule has 8 nitrogen and oxygen atoms in total. The lowest BCUT2D eigenvalue weighted by atomic mass is 9.89.